The summed E-state index contributed by atoms with van der Waals surface area (Å²) < 4.78 is 0. The monoisotopic (exact) mass is 387 g/mol. The number of nitrogens with one attached hydrogen (secondary N) is 2. The zero-order valence-corrected chi connectivity index (χ0v) is 14.8. The number of pyridine rings is 1. The van der Waals surface area contributed by atoms with Gasteiger partial charge in [-0.25, -0.2) is 5.43 Å². The van der Waals surface area contributed by atoms with Gasteiger partial charge in [0.2, 0.25) is 0 Å². The number of phenolic OH excluding ortho intramolecular Hbond substituents is 1. The number of phenols is 1. The van der Waals surface area contributed by atoms with Crippen molar-refractivity contribution in [2.75, 3.05) is 5.73 Å². The van der Waals surface area contributed by atoms with Gasteiger partial charge in [0.1, 0.15) is 15.8 Å². The van der Waals surface area contributed by atoms with Crippen molar-refractivity contribution in [2.24, 2.45) is 5.10 Å². The van der Waals surface area contributed by atoms with E-state index in [1.54, 1.807) is 12.1 Å². The van der Waals surface area contributed by atoms with Crippen LogP contribution in [0.25, 0.3) is 0 Å². The van der Waals surface area contributed by atoms with Crippen LogP contribution in [-0.2, 0) is 0 Å². The van der Waals surface area contributed by atoms with Gasteiger partial charge >= 0.3 is 5.91 Å². The highest BCUT2D eigenvalue weighted by Crippen LogP contribution is 2.31. The lowest BCUT2D eigenvalue weighted by molar-refractivity contribution is -0.379. The molecule has 0 saturated heterocycles. The highest BCUT2D eigenvalue weighted by molar-refractivity contribution is 6.45. The molecule has 1 amide bonds. The van der Waals surface area contributed by atoms with Gasteiger partial charge in [-0.15, -0.1) is 0 Å². The molecule has 6 nitrogen and oxygen atoms in total. The Kier molecular flexibility index (Phi) is 5.88. The summed E-state index contributed by atoms with van der Waals surface area (Å²) in [5.74, 6) is -0.471. The molecule has 9 heteroatoms. The lowest BCUT2D eigenvalue weighted by Crippen LogP contribution is -2.29. The predicted octanol–water partition coefficient (Wildman–Crippen LogP) is 3.29. The SMILES string of the molecule is CC/C(=N\NC(=O)c1[nH+]c(Cl)c(Cl)c(N)c1Cl)c1ccc(O)cc1. The molecule has 0 aliphatic rings. The van der Waals surface area contributed by atoms with Crippen molar-refractivity contribution < 1.29 is 14.9 Å². The number of anilines is 1. The van der Waals surface area contributed by atoms with Gasteiger partial charge in [0.15, 0.2) is 0 Å². The number of carbonyl (C=O) groups excluding carboxylic acids is 1. The topological polar surface area (TPSA) is 102 Å². The fourth-order valence-electron chi connectivity index (χ4n) is 1.90. The van der Waals surface area contributed by atoms with Crippen molar-refractivity contribution in [3.05, 3.63) is 50.7 Å². The van der Waals surface area contributed by atoms with E-state index in [0.29, 0.717) is 12.1 Å². The predicted molar refractivity (Wildman–Crippen MR) is 94.8 cm³/mol. The summed E-state index contributed by atoms with van der Waals surface area (Å²) in [7, 11) is 0. The molecular formula is C15H14Cl3N4O2+. The molecule has 0 atom stereocenters. The number of aromatic nitrogens is 1. The summed E-state index contributed by atoms with van der Waals surface area (Å²) in [5, 5.41) is 13.4. The first-order valence-corrected chi connectivity index (χ1v) is 8.00. The number of halogens is 3. The van der Waals surface area contributed by atoms with E-state index in [0.717, 1.165) is 5.56 Å². The van der Waals surface area contributed by atoms with Gasteiger partial charge in [0.05, 0.1) is 11.4 Å². The number of nitrogens with two attached hydrogens (primary N) is 1. The van der Waals surface area contributed by atoms with Crippen LogP contribution in [0.4, 0.5) is 5.69 Å². The first-order valence-electron chi connectivity index (χ1n) is 6.86. The minimum atomic E-state index is -0.616. The molecule has 0 bridgehead atoms. The lowest BCUT2D eigenvalue weighted by atomic mass is 10.1. The van der Waals surface area contributed by atoms with Crippen LogP contribution in [0, 0.1) is 0 Å². The summed E-state index contributed by atoms with van der Waals surface area (Å²) >= 11 is 17.7. The van der Waals surface area contributed by atoms with Gasteiger partial charge in [-0.2, -0.15) is 10.1 Å². The molecule has 24 heavy (non-hydrogen) atoms. The van der Waals surface area contributed by atoms with Gasteiger partial charge in [0, 0.05) is 0 Å². The number of aromatic amines is 1. The van der Waals surface area contributed by atoms with Crippen LogP contribution in [0.15, 0.2) is 29.4 Å². The first-order chi connectivity index (χ1) is 11.3. The summed E-state index contributed by atoms with van der Waals surface area (Å²) in [4.78, 5) is 14.8. The van der Waals surface area contributed by atoms with Gasteiger partial charge in [-0.05, 0) is 47.9 Å². The maximum atomic E-state index is 12.3. The van der Waals surface area contributed by atoms with Crippen molar-refractivity contribution in [3.63, 3.8) is 0 Å². The molecule has 0 fully saturated rings. The fraction of sp³-hybridized carbons (Fsp3) is 0.133. The van der Waals surface area contributed by atoms with Crippen LogP contribution in [-0.4, -0.2) is 16.7 Å². The smallest absolute Gasteiger partial charge is 0.337 e. The zero-order valence-electron chi connectivity index (χ0n) is 12.5. The lowest BCUT2D eigenvalue weighted by Gasteiger charge is -2.06. The van der Waals surface area contributed by atoms with E-state index in [9.17, 15) is 9.90 Å². The standard InChI is InChI=1S/C15H13Cl3N4O2/c1-2-9(7-3-5-8(23)6-4-7)21-22-15(24)13-10(16)12(19)11(17)14(18)20-13/h3-6,23H,2H2,1H3,(H2,19,20)(H,22,24)/p+1/b21-9+. The molecule has 126 valence electrons. The van der Waals surface area contributed by atoms with Crippen LogP contribution < -0.4 is 16.1 Å². The van der Waals surface area contributed by atoms with Crippen LogP contribution in [0.2, 0.25) is 15.2 Å². The number of hydrazone groups is 1. The number of hydrogen-bond donors (Lipinski definition) is 3. The van der Waals surface area contributed by atoms with Crippen LogP contribution in [0.5, 0.6) is 5.75 Å². The molecule has 0 radical (unpaired) electrons. The molecule has 1 aromatic heterocycles. The van der Waals surface area contributed by atoms with E-state index in [1.165, 1.54) is 12.1 Å². The Bertz CT molecular complexity index is 807. The van der Waals surface area contributed by atoms with Crippen molar-refractivity contribution in [1.82, 2.24) is 5.43 Å². The van der Waals surface area contributed by atoms with Crippen LogP contribution >= 0.6 is 34.8 Å². The van der Waals surface area contributed by atoms with Crippen LogP contribution in [0.1, 0.15) is 29.4 Å². The molecule has 2 rings (SSSR count). The first kappa shape index (κ1) is 18.3. The van der Waals surface area contributed by atoms with E-state index in [2.05, 4.69) is 15.5 Å². The van der Waals surface area contributed by atoms with E-state index < -0.39 is 5.91 Å². The number of nitrogen functional groups attached to an aromatic ring is 1. The largest absolute Gasteiger partial charge is 0.508 e. The Labute approximate surface area is 153 Å². The van der Waals surface area contributed by atoms with Crippen molar-refractivity contribution >= 4 is 52.1 Å². The Hall–Kier alpha value is -2.02. The normalized spacial score (nSPS) is 11.4. The van der Waals surface area contributed by atoms with E-state index in [4.69, 9.17) is 40.5 Å². The molecule has 5 N–H and O–H groups in total. The molecule has 0 unspecified atom stereocenters. The minimum absolute atomic E-state index is 0.00180. The number of H-pyrrole nitrogens is 1. The van der Waals surface area contributed by atoms with Crippen molar-refractivity contribution in [3.8, 4) is 5.75 Å². The van der Waals surface area contributed by atoms with E-state index in [1.807, 2.05) is 6.92 Å². The van der Waals surface area contributed by atoms with Crippen LogP contribution in [0.3, 0.4) is 0 Å². The van der Waals surface area contributed by atoms with Gasteiger partial charge in [-0.3, -0.25) is 4.79 Å². The third kappa shape index (κ3) is 3.90. The average molecular weight is 389 g/mol. The second-order valence-electron chi connectivity index (χ2n) is 4.76. The van der Waals surface area contributed by atoms with Crippen molar-refractivity contribution in [2.45, 2.75) is 13.3 Å². The summed E-state index contributed by atoms with van der Waals surface area (Å²) in [6.45, 7) is 1.88. The maximum absolute atomic E-state index is 12.3. The van der Waals surface area contributed by atoms with E-state index in [-0.39, 0.29) is 32.3 Å². The summed E-state index contributed by atoms with van der Waals surface area (Å²) in [6, 6.07) is 6.46. The minimum Gasteiger partial charge on any atom is -0.508 e. The molecule has 1 heterocycles. The Morgan fingerprint density at radius 1 is 1.25 bits per heavy atom. The third-order valence-corrected chi connectivity index (χ3v) is 4.34. The molecule has 0 aliphatic heterocycles. The Morgan fingerprint density at radius 3 is 2.46 bits per heavy atom. The highest BCUT2D eigenvalue weighted by Gasteiger charge is 2.26. The number of nitrogens with zero attached hydrogens (tertiary/aromatic N) is 1. The maximum Gasteiger partial charge on any atom is 0.337 e. The Morgan fingerprint density at radius 2 is 1.88 bits per heavy atom. The quantitative estimate of drug-likeness (QED) is 0.425. The molecule has 2 aromatic rings. The molecule has 1 aromatic carbocycles. The number of aromatic hydroxyl groups is 1. The second-order valence-corrected chi connectivity index (χ2v) is 5.89. The summed E-state index contributed by atoms with van der Waals surface area (Å²) in [6.07, 6.45) is 0.562. The van der Waals surface area contributed by atoms with Gasteiger partial charge in [0.25, 0.3) is 10.8 Å². The van der Waals surface area contributed by atoms with Gasteiger partial charge in [-0.1, -0.05) is 30.1 Å². The number of rotatable bonds is 4. The molecule has 0 saturated carbocycles. The molecule has 0 spiro atoms. The highest BCUT2D eigenvalue weighted by atomic mass is 35.5. The Balaban J connectivity index is 2.27. The van der Waals surface area contributed by atoms with E-state index >= 15 is 0 Å². The fourth-order valence-corrected chi connectivity index (χ4v) is 2.51. The molecule has 0 aliphatic carbocycles. The number of carbonyl (C=O) groups is 1. The third-order valence-electron chi connectivity index (χ3n) is 3.17. The number of amides is 1. The number of hydrogen-bond acceptors (Lipinski definition) is 4. The van der Waals surface area contributed by atoms with Gasteiger partial charge < -0.3 is 10.8 Å². The zero-order chi connectivity index (χ0) is 17.9. The van der Waals surface area contributed by atoms with Crippen molar-refractivity contribution in [1.29, 1.82) is 0 Å². The summed E-state index contributed by atoms with van der Waals surface area (Å²) in [5.41, 5.74) is 9.43. The average Bonchev–Trinajstić information content (AvgIpc) is 2.58. The molecular weight excluding hydrogens is 375 g/mol. The number of benzene rings is 1. The second kappa shape index (κ2) is 7.70.